The van der Waals surface area contributed by atoms with Gasteiger partial charge in [-0.3, -0.25) is 0 Å². The molecule has 0 saturated carbocycles. The van der Waals surface area contributed by atoms with Crippen molar-refractivity contribution in [2.45, 2.75) is 46.0 Å². The lowest BCUT2D eigenvalue weighted by molar-refractivity contribution is -0.0752. The second-order valence-electron chi connectivity index (χ2n) is 7.68. The van der Waals surface area contributed by atoms with Crippen molar-refractivity contribution in [1.29, 1.82) is 0 Å². The van der Waals surface area contributed by atoms with Gasteiger partial charge in [0.2, 0.25) is 0 Å². The van der Waals surface area contributed by atoms with Gasteiger partial charge in [0, 0.05) is 0 Å². The molecule has 0 aliphatic rings. The van der Waals surface area contributed by atoms with Gasteiger partial charge in [0.25, 0.3) is 0 Å². The summed E-state index contributed by atoms with van der Waals surface area (Å²) < 4.78 is 12.2. The number of fused-ring (bicyclic) bond motifs is 2. The Labute approximate surface area is 173 Å². The molecule has 2 heteroatoms. The van der Waals surface area contributed by atoms with E-state index in [4.69, 9.17) is 9.47 Å². The maximum absolute atomic E-state index is 6.15. The maximum Gasteiger partial charge on any atom is 0.197 e. The molecule has 0 heterocycles. The first-order chi connectivity index (χ1) is 14.2. The quantitative estimate of drug-likeness (QED) is 0.243. The monoisotopic (exact) mass is 384 g/mol. The highest BCUT2D eigenvalue weighted by Crippen LogP contribution is 2.30. The third-order valence-corrected chi connectivity index (χ3v) is 5.69. The molecule has 0 radical (unpaired) electrons. The van der Waals surface area contributed by atoms with Gasteiger partial charge in [0.15, 0.2) is 6.29 Å². The van der Waals surface area contributed by atoms with Crippen LogP contribution in [0.3, 0.4) is 0 Å². The van der Waals surface area contributed by atoms with Crippen LogP contribution in [-0.4, -0.2) is 6.29 Å². The zero-order valence-electron chi connectivity index (χ0n) is 17.4. The highest BCUT2D eigenvalue weighted by Gasteiger charge is 2.11. The first kappa shape index (κ1) is 19.5. The van der Waals surface area contributed by atoms with Crippen LogP contribution in [-0.2, 0) is 11.3 Å². The Hall–Kier alpha value is -2.84. The van der Waals surface area contributed by atoms with Gasteiger partial charge in [-0.2, -0.15) is 0 Å². The van der Waals surface area contributed by atoms with Crippen LogP contribution in [0.4, 0.5) is 0 Å². The van der Waals surface area contributed by atoms with Crippen molar-refractivity contribution >= 4 is 21.5 Å². The Morgan fingerprint density at radius 3 is 2.07 bits per heavy atom. The summed E-state index contributed by atoms with van der Waals surface area (Å²) in [6, 6.07) is 27.6. The van der Waals surface area contributed by atoms with Crippen molar-refractivity contribution in [3.05, 3.63) is 90.0 Å². The SMILES string of the molecule is CCC(C)c1cccc(OC(C)OCc2c3ccccc3cc3ccccc23)c1. The minimum absolute atomic E-state index is 0.333. The van der Waals surface area contributed by atoms with Crippen LogP contribution in [0.2, 0.25) is 0 Å². The first-order valence-electron chi connectivity index (χ1n) is 10.4. The van der Waals surface area contributed by atoms with Crippen LogP contribution in [0.1, 0.15) is 44.2 Å². The summed E-state index contributed by atoms with van der Waals surface area (Å²) >= 11 is 0. The first-order valence-corrected chi connectivity index (χ1v) is 10.4. The lowest BCUT2D eigenvalue weighted by Crippen LogP contribution is -2.16. The van der Waals surface area contributed by atoms with E-state index in [-0.39, 0.29) is 6.29 Å². The smallest absolute Gasteiger partial charge is 0.197 e. The Balaban J connectivity index is 1.55. The Morgan fingerprint density at radius 2 is 1.41 bits per heavy atom. The summed E-state index contributed by atoms with van der Waals surface area (Å²) in [6.07, 6.45) is 0.781. The predicted octanol–water partition coefficient (Wildman–Crippen LogP) is 7.45. The van der Waals surface area contributed by atoms with Gasteiger partial charge in [0.05, 0.1) is 6.61 Å². The largest absolute Gasteiger partial charge is 0.465 e. The fourth-order valence-corrected chi connectivity index (χ4v) is 3.82. The highest BCUT2D eigenvalue weighted by molar-refractivity contribution is 6.02. The fourth-order valence-electron chi connectivity index (χ4n) is 3.82. The highest BCUT2D eigenvalue weighted by atomic mass is 16.7. The molecule has 4 aromatic rings. The van der Waals surface area contributed by atoms with E-state index in [2.05, 4.69) is 86.6 Å². The van der Waals surface area contributed by atoms with Crippen LogP contribution in [0.5, 0.6) is 5.75 Å². The Morgan fingerprint density at radius 1 is 0.759 bits per heavy atom. The minimum atomic E-state index is -0.333. The molecule has 2 atom stereocenters. The molecule has 0 N–H and O–H groups in total. The summed E-state index contributed by atoms with van der Waals surface area (Å²) in [7, 11) is 0. The van der Waals surface area contributed by atoms with Crippen molar-refractivity contribution in [1.82, 2.24) is 0 Å². The maximum atomic E-state index is 6.15. The molecule has 2 nitrogen and oxygen atoms in total. The fraction of sp³-hybridized carbons (Fsp3) is 0.259. The normalized spacial score (nSPS) is 13.5. The molecule has 0 aliphatic heterocycles. The van der Waals surface area contributed by atoms with Crippen molar-refractivity contribution in [2.24, 2.45) is 0 Å². The molecule has 0 bridgehead atoms. The van der Waals surface area contributed by atoms with Crippen LogP contribution in [0, 0.1) is 0 Å². The summed E-state index contributed by atoms with van der Waals surface area (Å²) in [4.78, 5) is 0. The van der Waals surface area contributed by atoms with E-state index < -0.39 is 0 Å². The third-order valence-electron chi connectivity index (χ3n) is 5.69. The number of ether oxygens (including phenoxy) is 2. The molecule has 0 saturated heterocycles. The standard InChI is InChI=1S/C27H28O2/c1-4-19(2)21-12-9-13-24(17-21)29-20(3)28-18-27-25-14-7-5-10-22(25)16-23-11-6-8-15-26(23)27/h5-17,19-20H,4,18H2,1-3H3. The van der Waals surface area contributed by atoms with Crippen molar-refractivity contribution in [2.75, 3.05) is 0 Å². The summed E-state index contributed by atoms with van der Waals surface area (Å²) in [5, 5.41) is 4.94. The molecular weight excluding hydrogens is 356 g/mol. The lowest BCUT2D eigenvalue weighted by Gasteiger charge is -2.19. The Bertz CT molecular complexity index is 1060. The molecule has 29 heavy (non-hydrogen) atoms. The lowest BCUT2D eigenvalue weighted by atomic mass is 9.97. The summed E-state index contributed by atoms with van der Waals surface area (Å²) in [5.41, 5.74) is 2.51. The van der Waals surface area contributed by atoms with Crippen molar-refractivity contribution in [3.63, 3.8) is 0 Å². The van der Waals surface area contributed by atoms with Crippen LogP contribution >= 0.6 is 0 Å². The average Bonchev–Trinajstić information content (AvgIpc) is 2.76. The van der Waals surface area contributed by atoms with E-state index in [0.29, 0.717) is 12.5 Å². The molecule has 0 fully saturated rings. The number of hydrogen-bond donors (Lipinski definition) is 0. The molecule has 2 unspecified atom stereocenters. The topological polar surface area (TPSA) is 18.5 Å². The molecule has 148 valence electrons. The average molecular weight is 385 g/mol. The van der Waals surface area contributed by atoms with Gasteiger partial charge in [0.1, 0.15) is 5.75 Å². The van der Waals surface area contributed by atoms with E-state index in [0.717, 1.165) is 12.2 Å². The molecular formula is C27H28O2. The zero-order chi connectivity index (χ0) is 20.2. The molecule has 0 spiro atoms. The van der Waals surface area contributed by atoms with Gasteiger partial charge < -0.3 is 9.47 Å². The van der Waals surface area contributed by atoms with Crippen LogP contribution in [0.25, 0.3) is 21.5 Å². The van der Waals surface area contributed by atoms with Crippen LogP contribution in [0.15, 0.2) is 78.9 Å². The van der Waals surface area contributed by atoms with E-state index in [1.54, 1.807) is 0 Å². The van der Waals surface area contributed by atoms with Gasteiger partial charge in [-0.15, -0.1) is 0 Å². The van der Waals surface area contributed by atoms with Crippen molar-refractivity contribution < 1.29 is 9.47 Å². The number of hydrogen-bond acceptors (Lipinski definition) is 2. The Kier molecular flexibility index (Phi) is 5.82. The zero-order valence-corrected chi connectivity index (χ0v) is 17.4. The van der Waals surface area contributed by atoms with Crippen molar-refractivity contribution in [3.8, 4) is 5.75 Å². The molecule has 4 rings (SSSR count). The van der Waals surface area contributed by atoms with Gasteiger partial charge >= 0.3 is 0 Å². The summed E-state index contributed by atoms with van der Waals surface area (Å²) in [6.45, 7) is 6.92. The minimum Gasteiger partial charge on any atom is -0.465 e. The molecule has 4 aromatic carbocycles. The van der Waals surface area contributed by atoms with Crippen LogP contribution < -0.4 is 4.74 Å². The van der Waals surface area contributed by atoms with Gasteiger partial charge in [-0.05, 0) is 70.1 Å². The predicted molar refractivity (Wildman–Crippen MR) is 121 cm³/mol. The second-order valence-corrected chi connectivity index (χ2v) is 7.68. The number of benzene rings is 4. The number of rotatable bonds is 7. The van der Waals surface area contributed by atoms with E-state index >= 15 is 0 Å². The van der Waals surface area contributed by atoms with E-state index in [1.807, 2.05) is 13.0 Å². The van der Waals surface area contributed by atoms with Gasteiger partial charge in [-0.1, -0.05) is 74.5 Å². The van der Waals surface area contributed by atoms with E-state index in [1.165, 1.54) is 32.7 Å². The summed E-state index contributed by atoms with van der Waals surface area (Å²) in [5.74, 6) is 1.38. The molecule has 0 aliphatic carbocycles. The molecule has 0 amide bonds. The second kappa shape index (κ2) is 8.67. The third kappa shape index (κ3) is 4.28. The molecule has 0 aromatic heterocycles. The van der Waals surface area contributed by atoms with E-state index in [9.17, 15) is 0 Å². The van der Waals surface area contributed by atoms with Gasteiger partial charge in [-0.25, -0.2) is 0 Å².